The Kier molecular flexibility index (Phi) is 7.50. The van der Waals surface area contributed by atoms with Crippen LogP contribution in [-0.4, -0.2) is 36.4 Å². The molecular formula is C39H22Cl2N2O7. The van der Waals surface area contributed by atoms with E-state index >= 15 is 0 Å². The summed E-state index contributed by atoms with van der Waals surface area (Å²) in [6.07, 6.45) is -2.20. The third-order valence-electron chi connectivity index (χ3n) is 8.68. The van der Waals surface area contributed by atoms with E-state index in [0.29, 0.717) is 28.0 Å². The quantitative estimate of drug-likeness (QED) is 0.102. The van der Waals surface area contributed by atoms with Gasteiger partial charge in [0, 0.05) is 61.7 Å². The number of benzene rings is 5. The zero-order valence-corrected chi connectivity index (χ0v) is 27.1. The average molecular weight is 702 g/mol. The molecule has 244 valence electrons. The maximum absolute atomic E-state index is 13.6. The van der Waals surface area contributed by atoms with E-state index in [1.54, 1.807) is 24.3 Å². The lowest BCUT2D eigenvalue weighted by Gasteiger charge is -2.22. The van der Waals surface area contributed by atoms with Crippen molar-refractivity contribution in [2.75, 3.05) is 0 Å². The molecule has 0 bridgehead atoms. The number of aromatic nitrogens is 2. The molecule has 0 radical (unpaired) electrons. The van der Waals surface area contributed by atoms with Crippen molar-refractivity contribution in [2.24, 2.45) is 0 Å². The lowest BCUT2D eigenvalue weighted by Crippen LogP contribution is -2.09. The molecule has 9 nitrogen and oxygen atoms in total. The number of para-hydroxylation sites is 2. The smallest absolute Gasteiger partial charge is 0.337 e. The number of hydrogen-bond acceptors (Lipinski definition) is 8. The van der Waals surface area contributed by atoms with Crippen LogP contribution >= 0.6 is 23.2 Å². The van der Waals surface area contributed by atoms with Gasteiger partial charge in [-0.15, -0.1) is 0 Å². The molecule has 2 aliphatic rings. The second-order valence-electron chi connectivity index (χ2n) is 11.7. The van der Waals surface area contributed by atoms with Crippen LogP contribution in [0.4, 0.5) is 0 Å². The summed E-state index contributed by atoms with van der Waals surface area (Å²) in [4.78, 5) is 35.5. The Labute approximate surface area is 292 Å². The largest absolute Gasteiger partial charge is 0.507 e. The van der Waals surface area contributed by atoms with Crippen molar-refractivity contribution in [1.82, 2.24) is 9.97 Å². The Morgan fingerprint density at radius 3 is 1.96 bits per heavy atom. The van der Waals surface area contributed by atoms with Gasteiger partial charge in [0.05, 0.1) is 38.0 Å². The predicted octanol–water partition coefficient (Wildman–Crippen LogP) is 8.69. The van der Waals surface area contributed by atoms with E-state index < -0.39 is 23.3 Å². The molecule has 1 aliphatic heterocycles. The molecule has 50 heavy (non-hydrogen) atoms. The Morgan fingerprint density at radius 1 is 0.720 bits per heavy atom. The summed E-state index contributed by atoms with van der Waals surface area (Å²) in [5.41, 5.74) is 1.89. The normalized spacial score (nSPS) is 11.7. The highest BCUT2D eigenvalue weighted by Crippen LogP contribution is 2.50. The molecule has 0 amide bonds. The summed E-state index contributed by atoms with van der Waals surface area (Å²) in [6.45, 7) is 0. The van der Waals surface area contributed by atoms with Crippen molar-refractivity contribution < 1.29 is 29.6 Å². The van der Waals surface area contributed by atoms with E-state index in [4.69, 9.17) is 37.6 Å². The molecule has 8 rings (SSSR count). The first-order valence-electron chi connectivity index (χ1n) is 15.2. The predicted molar refractivity (Wildman–Crippen MR) is 192 cm³/mol. The summed E-state index contributed by atoms with van der Waals surface area (Å²) in [5, 5.41) is 44.0. The zero-order chi connectivity index (χ0) is 34.8. The van der Waals surface area contributed by atoms with Gasteiger partial charge >= 0.3 is 5.97 Å². The van der Waals surface area contributed by atoms with Crippen LogP contribution in [0.1, 0.15) is 22.2 Å². The van der Waals surface area contributed by atoms with Crippen molar-refractivity contribution >= 4 is 61.9 Å². The van der Waals surface area contributed by atoms with Crippen molar-refractivity contribution in [3.05, 3.63) is 135 Å². The molecule has 4 N–H and O–H groups in total. The molecule has 1 aliphatic carbocycles. The fourth-order valence-electron chi connectivity index (χ4n) is 6.35. The Hall–Kier alpha value is -5.84. The molecule has 0 unspecified atom stereocenters. The molecule has 11 heteroatoms. The van der Waals surface area contributed by atoms with Gasteiger partial charge in [0.2, 0.25) is 0 Å². The molecule has 0 atom stereocenters. The van der Waals surface area contributed by atoms with Gasteiger partial charge in [0.25, 0.3) is 0 Å². The highest BCUT2D eigenvalue weighted by atomic mass is 35.5. The van der Waals surface area contributed by atoms with E-state index in [1.807, 2.05) is 60.7 Å². The Morgan fingerprint density at radius 2 is 1.34 bits per heavy atom. The fraction of sp³-hybridized carbons (Fsp3) is 0.0256. The second kappa shape index (κ2) is 11.9. The minimum Gasteiger partial charge on any atom is -0.507 e. The number of phenols is 1. The van der Waals surface area contributed by atoms with E-state index in [1.165, 1.54) is 12.1 Å². The standard InChI is InChI=1S/C39H22Cl2N2O7/c40-25-15-24(38(46)47)37(41)36(35(25)39(48)49)34-22-13-20(28-11-9-18-5-1-3-7-26(18)42-28)30(44)16-32(22)50-33-17-31(45)21(14-23(33)34)29-12-10-19-6-2-4-8-27(19)43-29/h1-17,39,44,48-49H,(H,46,47). The molecule has 0 saturated heterocycles. The molecule has 0 fully saturated rings. The fourth-order valence-corrected chi connectivity index (χ4v) is 6.99. The third kappa shape index (κ3) is 5.12. The molecule has 3 heterocycles. The number of aliphatic hydroxyl groups is 2. The van der Waals surface area contributed by atoms with Crippen LogP contribution in [0.5, 0.6) is 5.75 Å². The number of carbonyl (C=O) groups is 1. The van der Waals surface area contributed by atoms with Gasteiger partial charge in [-0.05, 0) is 42.5 Å². The monoisotopic (exact) mass is 700 g/mol. The van der Waals surface area contributed by atoms with Crippen LogP contribution in [0.15, 0.2) is 112 Å². The number of pyridine rings is 2. The number of aromatic hydroxyl groups is 1. The number of aromatic carboxylic acids is 1. The number of halogens is 2. The first-order valence-corrected chi connectivity index (χ1v) is 16.0. The summed E-state index contributed by atoms with van der Waals surface area (Å²) in [6, 6.07) is 28.8. The van der Waals surface area contributed by atoms with Crippen molar-refractivity contribution in [3.63, 3.8) is 0 Å². The minimum atomic E-state index is -2.20. The van der Waals surface area contributed by atoms with E-state index in [-0.39, 0.29) is 60.3 Å². The summed E-state index contributed by atoms with van der Waals surface area (Å²) in [7, 11) is 0. The maximum atomic E-state index is 13.6. The summed E-state index contributed by atoms with van der Waals surface area (Å²) >= 11 is 13.4. The van der Waals surface area contributed by atoms with Crippen molar-refractivity contribution in [3.8, 4) is 50.7 Å². The van der Waals surface area contributed by atoms with E-state index in [9.17, 15) is 30.0 Å². The lowest BCUT2D eigenvalue weighted by atomic mass is 9.87. The molecule has 4 aromatic carbocycles. The SMILES string of the molecule is O=C(O)c1cc(Cl)c(C(O)O)c(-c2c3cc(-c4ccc5ccccc5n4)c(=O)cc-3oc3cc(O)c(-c4ccc5ccccc5n4)cc23)c1Cl. The number of phenolic OH excluding ortho intramolecular Hbond substituents is 1. The van der Waals surface area contributed by atoms with Gasteiger partial charge in [-0.3, -0.25) is 4.79 Å². The molecule has 2 aromatic heterocycles. The van der Waals surface area contributed by atoms with Crippen molar-refractivity contribution in [1.29, 1.82) is 0 Å². The second-order valence-corrected chi connectivity index (χ2v) is 12.4. The van der Waals surface area contributed by atoms with Crippen LogP contribution in [0.25, 0.3) is 77.7 Å². The van der Waals surface area contributed by atoms with E-state index in [0.717, 1.165) is 16.8 Å². The highest BCUT2D eigenvalue weighted by Gasteiger charge is 2.30. The van der Waals surface area contributed by atoms with Gasteiger partial charge in [0.1, 0.15) is 17.1 Å². The maximum Gasteiger partial charge on any atom is 0.337 e. The highest BCUT2D eigenvalue weighted by molar-refractivity contribution is 6.39. The Balaban J connectivity index is 1.52. The molecule has 6 aromatic rings. The van der Waals surface area contributed by atoms with Gasteiger partial charge in [-0.25, -0.2) is 14.8 Å². The first-order chi connectivity index (χ1) is 24.1. The Bertz CT molecular complexity index is 2740. The summed E-state index contributed by atoms with van der Waals surface area (Å²) in [5.74, 6) is -1.56. The lowest BCUT2D eigenvalue weighted by molar-refractivity contribution is -0.0419. The number of rotatable bonds is 5. The molecule has 0 spiro atoms. The van der Waals surface area contributed by atoms with Crippen LogP contribution in [-0.2, 0) is 0 Å². The molecule has 0 saturated carbocycles. The average Bonchev–Trinajstić information content (AvgIpc) is 3.10. The van der Waals surface area contributed by atoms with Crippen LogP contribution in [0.3, 0.4) is 0 Å². The number of carboxylic acid groups (broad SMARTS) is 1. The summed E-state index contributed by atoms with van der Waals surface area (Å²) < 4.78 is 6.22. The number of nitrogens with zero attached hydrogens (tertiary/aromatic N) is 2. The van der Waals surface area contributed by atoms with Gasteiger partial charge in [-0.1, -0.05) is 71.7 Å². The number of carboxylic acids is 1. The number of hydrogen-bond donors (Lipinski definition) is 4. The van der Waals surface area contributed by atoms with Crippen LogP contribution in [0.2, 0.25) is 10.0 Å². The van der Waals surface area contributed by atoms with Crippen LogP contribution in [0, 0.1) is 0 Å². The van der Waals surface area contributed by atoms with Gasteiger partial charge < -0.3 is 24.8 Å². The van der Waals surface area contributed by atoms with Gasteiger partial charge in [0.15, 0.2) is 11.7 Å². The van der Waals surface area contributed by atoms with Crippen LogP contribution < -0.4 is 5.43 Å². The number of fused-ring (bicyclic) bond motifs is 4. The molecular weight excluding hydrogens is 679 g/mol. The topological polar surface area (TPSA) is 154 Å². The number of aliphatic hydroxyl groups excluding tert-OH is 1. The van der Waals surface area contributed by atoms with E-state index in [2.05, 4.69) is 0 Å². The van der Waals surface area contributed by atoms with Crippen molar-refractivity contribution in [2.45, 2.75) is 6.29 Å². The zero-order valence-electron chi connectivity index (χ0n) is 25.6. The van der Waals surface area contributed by atoms with Gasteiger partial charge in [-0.2, -0.15) is 0 Å². The first kappa shape index (κ1) is 31.4. The minimum absolute atomic E-state index is 0.0457. The third-order valence-corrected chi connectivity index (χ3v) is 9.38.